The third-order valence-corrected chi connectivity index (χ3v) is 5.14. The quantitative estimate of drug-likeness (QED) is 0.554. The zero-order valence-electron chi connectivity index (χ0n) is 14.2. The zero-order valence-corrected chi connectivity index (χ0v) is 15.8. The van der Waals surface area contributed by atoms with Crippen molar-refractivity contribution in [3.8, 4) is 5.75 Å². The number of hydrazone groups is 1. The molecule has 2 aromatic carbocycles. The van der Waals surface area contributed by atoms with E-state index in [0.29, 0.717) is 22.0 Å². The third-order valence-electron chi connectivity index (χ3n) is 3.39. The normalized spacial score (nSPS) is 11.9. The number of ether oxygens (including phenoxy) is 1. The molecule has 0 saturated carbocycles. The van der Waals surface area contributed by atoms with Crippen LogP contribution in [0.4, 0.5) is 0 Å². The number of halogens is 1. The lowest BCUT2D eigenvalue weighted by Gasteiger charge is -2.07. The molecule has 9 heteroatoms. The summed E-state index contributed by atoms with van der Waals surface area (Å²) in [6.45, 7) is 1.46. The standard InChI is InChI=1S/C17H18ClN3O4S/c1-12(13-7-9-14(10-8-13)26(23,24)19-2)20-21-17(22)11-25-16-6-4-3-5-15(16)18/h3-10,19H,11H2,1-2H3,(H,21,22)/b20-12-. The number of benzene rings is 2. The van der Waals surface area contributed by atoms with Crippen LogP contribution in [0, 0.1) is 0 Å². The van der Waals surface area contributed by atoms with Crippen molar-refractivity contribution < 1.29 is 17.9 Å². The number of sulfonamides is 1. The molecule has 0 radical (unpaired) electrons. The molecular weight excluding hydrogens is 378 g/mol. The van der Waals surface area contributed by atoms with Gasteiger partial charge in [0.2, 0.25) is 10.0 Å². The molecule has 138 valence electrons. The molecule has 2 aromatic rings. The highest BCUT2D eigenvalue weighted by molar-refractivity contribution is 7.89. The molecular formula is C17H18ClN3O4S. The van der Waals surface area contributed by atoms with Gasteiger partial charge in [0, 0.05) is 0 Å². The fraction of sp³-hybridized carbons (Fsp3) is 0.176. The summed E-state index contributed by atoms with van der Waals surface area (Å²) in [6.07, 6.45) is 0. The van der Waals surface area contributed by atoms with E-state index < -0.39 is 15.9 Å². The maximum absolute atomic E-state index is 11.8. The number of carbonyl (C=O) groups excluding carboxylic acids is 1. The highest BCUT2D eigenvalue weighted by atomic mass is 35.5. The SMILES string of the molecule is CNS(=O)(=O)c1ccc(/C(C)=N\NC(=O)COc2ccccc2Cl)cc1. The zero-order chi connectivity index (χ0) is 19.2. The second-order valence-corrected chi connectivity index (χ2v) is 7.48. The van der Waals surface area contributed by atoms with Crippen LogP contribution in [-0.2, 0) is 14.8 Å². The molecule has 0 atom stereocenters. The Morgan fingerprint density at radius 2 is 1.81 bits per heavy atom. The molecule has 7 nitrogen and oxygen atoms in total. The van der Waals surface area contributed by atoms with Crippen LogP contribution in [0.3, 0.4) is 0 Å². The van der Waals surface area contributed by atoms with Gasteiger partial charge < -0.3 is 4.74 Å². The van der Waals surface area contributed by atoms with Crippen molar-refractivity contribution >= 4 is 33.2 Å². The van der Waals surface area contributed by atoms with Crippen molar-refractivity contribution in [3.63, 3.8) is 0 Å². The summed E-state index contributed by atoms with van der Waals surface area (Å²) in [5.74, 6) is -0.0370. The van der Waals surface area contributed by atoms with Crippen molar-refractivity contribution in [2.24, 2.45) is 5.10 Å². The first-order valence-corrected chi connectivity index (χ1v) is 9.44. The van der Waals surface area contributed by atoms with Gasteiger partial charge in [-0.3, -0.25) is 4.79 Å². The molecule has 0 fully saturated rings. The number of rotatable bonds is 7. The maximum Gasteiger partial charge on any atom is 0.277 e. The molecule has 0 aliphatic carbocycles. The minimum Gasteiger partial charge on any atom is -0.482 e. The lowest BCUT2D eigenvalue weighted by molar-refractivity contribution is -0.123. The molecule has 0 spiro atoms. The Kier molecular flexibility index (Phi) is 6.73. The number of nitrogens with one attached hydrogen (secondary N) is 2. The molecule has 0 aliphatic rings. The third kappa shape index (κ3) is 5.29. The summed E-state index contributed by atoms with van der Waals surface area (Å²) in [4.78, 5) is 12.0. The van der Waals surface area contributed by atoms with Crippen LogP contribution in [0.25, 0.3) is 0 Å². The van der Waals surface area contributed by atoms with Gasteiger partial charge in [-0.2, -0.15) is 5.10 Å². The average molecular weight is 396 g/mol. The lowest BCUT2D eigenvalue weighted by Crippen LogP contribution is -2.25. The Bertz CT molecular complexity index is 912. The Morgan fingerprint density at radius 3 is 2.42 bits per heavy atom. The second-order valence-electron chi connectivity index (χ2n) is 5.18. The van der Waals surface area contributed by atoms with Crippen molar-refractivity contribution in [1.29, 1.82) is 0 Å². The average Bonchev–Trinajstić information content (AvgIpc) is 2.65. The van der Waals surface area contributed by atoms with E-state index in [9.17, 15) is 13.2 Å². The number of nitrogens with zero attached hydrogens (tertiary/aromatic N) is 1. The number of hydrogen-bond donors (Lipinski definition) is 2. The summed E-state index contributed by atoms with van der Waals surface area (Å²) >= 11 is 5.94. The highest BCUT2D eigenvalue weighted by Crippen LogP contribution is 2.22. The Balaban J connectivity index is 1.95. The van der Waals surface area contributed by atoms with Crippen molar-refractivity contribution in [2.75, 3.05) is 13.7 Å². The fourth-order valence-corrected chi connectivity index (χ4v) is 2.86. The minimum atomic E-state index is -3.49. The van der Waals surface area contributed by atoms with Crippen LogP contribution in [-0.4, -0.2) is 33.7 Å². The predicted molar refractivity (Wildman–Crippen MR) is 100.0 cm³/mol. The van der Waals surface area contributed by atoms with Crippen LogP contribution in [0.1, 0.15) is 12.5 Å². The molecule has 2 rings (SSSR count). The van der Waals surface area contributed by atoms with Gasteiger partial charge in [-0.1, -0.05) is 35.9 Å². The van der Waals surface area contributed by atoms with E-state index in [2.05, 4.69) is 15.2 Å². The van der Waals surface area contributed by atoms with Crippen LogP contribution < -0.4 is 14.9 Å². The monoisotopic (exact) mass is 395 g/mol. The van der Waals surface area contributed by atoms with Gasteiger partial charge in [0.25, 0.3) is 5.91 Å². The summed E-state index contributed by atoms with van der Waals surface area (Å²) in [6, 6.07) is 13.0. The molecule has 0 bridgehead atoms. The van der Waals surface area contributed by atoms with E-state index in [1.807, 2.05) is 0 Å². The topological polar surface area (TPSA) is 96.9 Å². The van der Waals surface area contributed by atoms with Crippen LogP contribution >= 0.6 is 11.6 Å². The molecule has 1 amide bonds. The summed E-state index contributed by atoms with van der Waals surface area (Å²) in [7, 11) is -2.15. The first-order chi connectivity index (χ1) is 12.3. The molecule has 0 saturated heterocycles. The Labute approximate surface area is 157 Å². The van der Waals surface area contributed by atoms with E-state index in [0.717, 1.165) is 0 Å². The lowest BCUT2D eigenvalue weighted by atomic mass is 10.1. The second kappa shape index (κ2) is 8.79. The van der Waals surface area contributed by atoms with Gasteiger partial charge in [0.1, 0.15) is 5.75 Å². The molecule has 0 aliphatic heterocycles. The highest BCUT2D eigenvalue weighted by Gasteiger charge is 2.11. The van der Waals surface area contributed by atoms with Gasteiger partial charge in [-0.05, 0) is 43.8 Å². The number of hydrogen-bond acceptors (Lipinski definition) is 5. The van der Waals surface area contributed by atoms with Crippen molar-refractivity contribution in [2.45, 2.75) is 11.8 Å². The number of carbonyl (C=O) groups is 1. The number of amides is 1. The largest absolute Gasteiger partial charge is 0.482 e. The predicted octanol–water partition coefficient (Wildman–Crippen LogP) is 2.17. The van der Waals surface area contributed by atoms with E-state index in [-0.39, 0.29) is 11.5 Å². The molecule has 26 heavy (non-hydrogen) atoms. The van der Waals surface area contributed by atoms with E-state index in [1.165, 1.54) is 19.2 Å². The minimum absolute atomic E-state index is 0.147. The van der Waals surface area contributed by atoms with E-state index in [4.69, 9.17) is 16.3 Å². The van der Waals surface area contributed by atoms with Crippen LogP contribution in [0.5, 0.6) is 5.75 Å². The van der Waals surface area contributed by atoms with Gasteiger partial charge >= 0.3 is 0 Å². The first-order valence-electron chi connectivity index (χ1n) is 7.58. The van der Waals surface area contributed by atoms with Crippen LogP contribution in [0.15, 0.2) is 58.5 Å². The van der Waals surface area contributed by atoms with Gasteiger partial charge in [-0.25, -0.2) is 18.6 Å². The molecule has 2 N–H and O–H groups in total. The molecule has 0 unspecified atom stereocenters. The van der Waals surface area contributed by atoms with Gasteiger partial charge in [0.15, 0.2) is 6.61 Å². The first kappa shape index (κ1) is 19.9. The Hall–Kier alpha value is -2.42. The van der Waals surface area contributed by atoms with Crippen molar-refractivity contribution in [1.82, 2.24) is 10.1 Å². The smallest absolute Gasteiger partial charge is 0.277 e. The maximum atomic E-state index is 11.8. The van der Waals surface area contributed by atoms with Crippen LogP contribution in [0.2, 0.25) is 5.02 Å². The summed E-state index contributed by atoms with van der Waals surface area (Å²) in [5, 5.41) is 4.39. The van der Waals surface area contributed by atoms with Gasteiger partial charge in [-0.15, -0.1) is 0 Å². The summed E-state index contributed by atoms with van der Waals surface area (Å²) < 4.78 is 30.9. The van der Waals surface area contributed by atoms with E-state index >= 15 is 0 Å². The molecule has 0 aromatic heterocycles. The van der Waals surface area contributed by atoms with Gasteiger partial charge in [0.05, 0.1) is 15.6 Å². The fourth-order valence-electron chi connectivity index (χ4n) is 1.94. The van der Waals surface area contributed by atoms with Crippen molar-refractivity contribution in [3.05, 3.63) is 59.1 Å². The number of para-hydroxylation sites is 1. The molecule has 0 heterocycles. The summed E-state index contributed by atoms with van der Waals surface area (Å²) in [5.41, 5.74) is 3.57. The van der Waals surface area contributed by atoms with E-state index in [1.54, 1.807) is 43.3 Å². The Morgan fingerprint density at radius 1 is 1.15 bits per heavy atom.